The van der Waals surface area contributed by atoms with E-state index in [0.717, 1.165) is 38.2 Å². The summed E-state index contributed by atoms with van der Waals surface area (Å²) in [6, 6.07) is 7.53. The van der Waals surface area contributed by atoms with E-state index in [1.807, 2.05) is 34.1 Å². The van der Waals surface area contributed by atoms with Crippen LogP contribution in [0.15, 0.2) is 24.3 Å². The van der Waals surface area contributed by atoms with E-state index in [-0.39, 0.29) is 23.9 Å². The van der Waals surface area contributed by atoms with Gasteiger partial charge in [0.25, 0.3) is 0 Å². The quantitative estimate of drug-likeness (QED) is 0.911. The van der Waals surface area contributed by atoms with Gasteiger partial charge in [0.15, 0.2) is 0 Å². The fourth-order valence-electron chi connectivity index (χ4n) is 3.65. The Hall–Kier alpha value is -1.59. The van der Waals surface area contributed by atoms with Gasteiger partial charge in [-0.25, -0.2) is 0 Å². The third kappa shape index (κ3) is 3.57. The van der Waals surface area contributed by atoms with Crippen LogP contribution in [0.4, 0.5) is 5.69 Å². The van der Waals surface area contributed by atoms with Crippen molar-refractivity contribution in [3.05, 3.63) is 29.3 Å². The highest BCUT2D eigenvalue weighted by Crippen LogP contribution is 2.25. The van der Waals surface area contributed by atoms with Gasteiger partial charge in [0.05, 0.1) is 6.04 Å². The molecule has 2 aliphatic rings. The van der Waals surface area contributed by atoms with E-state index in [0.29, 0.717) is 10.9 Å². The molecule has 2 heterocycles. The van der Waals surface area contributed by atoms with Gasteiger partial charge in [-0.1, -0.05) is 18.5 Å². The summed E-state index contributed by atoms with van der Waals surface area (Å²) in [6.07, 6.45) is 1.70. The topological polar surface area (TPSA) is 52.7 Å². The average Bonchev–Trinajstić information content (AvgIpc) is 2.91. The Morgan fingerprint density at radius 1 is 1.21 bits per heavy atom. The predicted octanol–water partition coefficient (Wildman–Crippen LogP) is 2.29. The maximum atomic E-state index is 12.7. The molecule has 0 unspecified atom stereocenters. The van der Waals surface area contributed by atoms with Gasteiger partial charge in [-0.3, -0.25) is 9.59 Å². The minimum absolute atomic E-state index is 0.124. The number of nitrogens with one attached hydrogen (secondary N) is 1. The SMILES string of the molecule is CC(=O)N1CC[C@H](N[C@@H]2CCN(c3ccc(Cl)cc3)C2=O)[C@@H](C)C1. The molecule has 130 valence electrons. The lowest BCUT2D eigenvalue weighted by Gasteiger charge is -2.38. The van der Waals surface area contributed by atoms with Crippen molar-refractivity contribution >= 4 is 29.1 Å². The number of halogens is 1. The van der Waals surface area contributed by atoms with Crippen LogP contribution in [0.3, 0.4) is 0 Å². The lowest BCUT2D eigenvalue weighted by atomic mass is 9.93. The van der Waals surface area contributed by atoms with E-state index in [4.69, 9.17) is 11.6 Å². The first kappa shape index (κ1) is 17.2. The van der Waals surface area contributed by atoms with Crippen LogP contribution in [0.1, 0.15) is 26.7 Å². The van der Waals surface area contributed by atoms with Crippen molar-refractivity contribution in [1.29, 1.82) is 0 Å². The van der Waals surface area contributed by atoms with E-state index in [9.17, 15) is 9.59 Å². The Labute approximate surface area is 147 Å². The predicted molar refractivity (Wildman–Crippen MR) is 95.2 cm³/mol. The summed E-state index contributed by atoms with van der Waals surface area (Å²) in [7, 11) is 0. The second kappa shape index (κ2) is 7.11. The Morgan fingerprint density at radius 2 is 1.92 bits per heavy atom. The molecule has 0 aliphatic carbocycles. The standard InChI is InChI=1S/C18H24ClN3O2/c1-12-11-21(13(2)23)9-7-16(12)20-17-8-10-22(18(17)24)15-5-3-14(19)4-6-15/h3-6,12,16-17,20H,7-11H2,1-2H3/t12-,16-,17+/m0/s1. The van der Waals surface area contributed by atoms with E-state index in [1.54, 1.807) is 6.92 Å². The Balaban J connectivity index is 1.60. The first-order chi connectivity index (χ1) is 11.5. The Morgan fingerprint density at radius 3 is 2.54 bits per heavy atom. The van der Waals surface area contributed by atoms with E-state index in [1.165, 1.54) is 0 Å². The molecule has 2 fully saturated rings. The van der Waals surface area contributed by atoms with Crippen LogP contribution in [-0.4, -0.2) is 48.4 Å². The van der Waals surface area contributed by atoms with Crippen LogP contribution in [0.25, 0.3) is 0 Å². The molecule has 1 N–H and O–H groups in total. The van der Waals surface area contributed by atoms with Crippen LogP contribution >= 0.6 is 11.6 Å². The summed E-state index contributed by atoms with van der Waals surface area (Å²) in [5.74, 6) is 0.602. The van der Waals surface area contributed by atoms with Crippen molar-refractivity contribution in [2.45, 2.75) is 38.8 Å². The maximum absolute atomic E-state index is 12.7. The first-order valence-electron chi connectivity index (χ1n) is 8.54. The van der Waals surface area contributed by atoms with Gasteiger partial charge >= 0.3 is 0 Å². The number of carbonyl (C=O) groups excluding carboxylic acids is 2. The molecular weight excluding hydrogens is 326 g/mol. The van der Waals surface area contributed by atoms with Gasteiger partial charge < -0.3 is 15.1 Å². The van der Waals surface area contributed by atoms with Gasteiger partial charge in [0.2, 0.25) is 11.8 Å². The second-order valence-electron chi connectivity index (χ2n) is 6.81. The highest BCUT2D eigenvalue weighted by molar-refractivity contribution is 6.30. The van der Waals surface area contributed by atoms with Crippen molar-refractivity contribution in [3.63, 3.8) is 0 Å². The molecule has 3 atom stereocenters. The fourth-order valence-corrected chi connectivity index (χ4v) is 3.78. The zero-order chi connectivity index (χ0) is 17.3. The fraction of sp³-hybridized carbons (Fsp3) is 0.556. The molecule has 0 radical (unpaired) electrons. The van der Waals surface area contributed by atoms with Gasteiger partial charge in [0, 0.05) is 43.3 Å². The molecule has 1 aromatic carbocycles. The normalized spacial score (nSPS) is 27.6. The van der Waals surface area contributed by atoms with Crippen LogP contribution in [0.2, 0.25) is 5.02 Å². The van der Waals surface area contributed by atoms with E-state index in [2.05, 4.69) is 12.2 Å². The monoisotopic (exact) mass is 349 g/mol. The number of anilines is 1. The molecule has 0 spiro atoms. The van der Waals surface area contributed by atoms with Gasteiger partial charge in [0.1, 0.15) is 0 Å². The molecule has 6 heteroatoms. The number of piperidine rings is 1. The average molecular weight is 350 g/mol. The molecule has 0 aromatic heterocycles. The van der Waals surface area contributed by atoms with Gasteiger partial charge in [-0.05, 0) is 43.0 Å². The van der Waals surface area contributed by atoms with Crippen molar-refractivity contribution < 1.29 is 9.59 Å². The largest absolute Gasteiger partial charge is 0.343 e. The van der Waals surface area contributed by atoms with Crippen molar-refractivity contribution in [3.8, 4) is 0 Å². The van der Waals surface area contributed by atoms with E-state index < -0.39 is 0 Å². The number of carbonyl (C=O) groups is 2. The minimum Gasteiger partial charge on any atom is -0.343 e. The molecule has 2 saturated heterocycles. The zero-order valence-corrected chi connectivity index (χ0v) is 14.9. The summed E-state index contributed by atoms with van der Waals surface area (Å²) in [5, 5.41) is 4.21. The van der Waals surface area contributed by atoms with E-state index >= 15 is 0 Å². The third-order valence-corrected chi connectivity index (χ3v) is 5.36. The lowest BCUT2D eigenvalue weighted by molar-refractivity contribution is -0.131. The summed E-state index contributed by atoms with van der Waals surface area (Å²) in [4.78, 5) is 27.9. The van der Waals surface area contributed by atoms with Crippen molar-refractivity contribution in [2.24, 2.45) is 5.92 Å². The lowest BCUT2D eigenvalue weighted by Crippen LogP contribution is -2.53. The van der Waals surface area contributed by atoms with Crippen molar-refractivity contribution in [2.75, 3.05) is 24.5 Å². The molecule has 2 amide bonds. The van der Waals surface area contributed by atoms with Crippen LogP contribution < -0.4 is 10.2 Å². The molecule has 0 bridgehead atoms. The number of amides is 2. The number of hydrogen-bond donors (Lipinski definition) is 1. The summed E-state index contributed by atoms with van der Waals surface area (Å²) < 4.78 is 0. The summed E-state index contributed by atoms with van der Waals surface area (Å²) in [5.41, 5.74) is 0.896. The molecule has 3 rings (SSSR count). The Bertz CT molecular complexity index is 619. The third-order valence-electron chi connectivity index (χ3n) is 5.11. The van der Waals surface area contributed by atoms with Crippen molar-refractivity contribution in [1.82, 2.24) is 10.2 Å². The molecule has 5 nitrogen and oxygen atoms in total. The van der Waals surface area contributed by atoms with Crippen LogP contribution in [0, 0.1) is 5.92 Å². The molecular formula is C18H24ClN3O2. The summed E-state index contributed by atoms with van der Waals surface area (Å²) >= 11 is 5.92. The smallest absolute Gasteiger partial charge is 0.244 e. The number of hydrogen-bond acceptors (Lipinski definition) is 3. The molecule has 24 heavy (non-hydrogen) atoms. The highest BCUT2D eigenvalue weighted by Gasteiger charge is 2.36. The first-order valence-corrected chi connectivity index (χ1v) is 8.92. The van der Waals surface area contributed by atoms with Crippen LogP contribution in [-0.2, 0) is 9.59 Å². The summed E-state index contributed by atoms with van der Waals surface area (Å²) in [6.45, 7) is 6.00. The Kier molecular flexibility index (Phi) is 5.11. The van der Waals surface area contributed by atoms with Gasteiger partial charge in [-0.15, -0.1) is 0 Å². The number of rotatable bonds is 3. The number of nitrogens with zero attached hydrogens (tertiary/aromatic N) is 2. The molecule has 2 aliphatic heterocycles. The maximum Gasteiger partial charge on any atom is 0.244 e. The number of benzene rings is 1. The molecule has 0 saturated carbocycles. The minimum atomic E-state index is -0.142. The van der Waals surface area contributed by atoms with Gasteiger partial charge in [-0.2, -0.15) is 0 Å². The molecule has 1 aromatic rings. The number of likely N-dealkylation sites (tertiary alicyclic amines) is 1. The second-order valence-corrected chi connectivity index (χ2v) is 7.25. The zero-order valence-electron chi connectivity index (χ0n) is 14.2. The highest BCUT2D eigenvalue weighted by atomic mass is 35.5. The van der Waals surface area contributed by atoms with Crippen LogP contribution in [0.5, 0.6) is 0 Å².